The van der Waals surface area contributed by atoms with E-state index in [0.29, 0.717) is 18.7 Å². The SMILES string of the molecule is CCCCOc1ccc(C(=O)NCC(=O)NCC(C)c2ccccc2)cc1. The zero-order valence-corrected chi connectivity index (χ0v) is 16.0. The molecule has 0 saturated heterocycles. The second-order valence-corrected chi connectivity index (χ2v) is 6.52. The molecule has 0 spiro atoms. The van der Waals surface area contributed by atoms with Crippen molar-refractivity contribution in [2.24, 2.45) is 0 Å². The summed E-state index contributed by atoms with van der Waals surface area (Å²) in [6, 6.07) is 16.9. The maximum atomic E-state index is 12.1. The third-order valence-electron chi connectivity index (χ3n) is 4.27. The van der Waals surface area contributed by atoms with E-state index < -0.39 is 0 Å². The predicted octanol–water partition coefficient (Wildman–Crippen LogP) is 3.52. The Kier molecular flexibility index (Phi) is 8.36. The number of rotatable bonds is 10. The summed E-state index contributed by atoms with van der Waals surface area (Å²) in [5.74, 6) is 0.478. The van der Waals surface area contributed by atoms with Gasteiger partial charge >= 0.3 is 0 Å². The minimum Gasteiger partial charge on any atom is -0.494 e. The molecule has 0 aromatic heterocycles. The van der Waals surface area contributed by atoms with Crippen molar-refractivity contribution in [3.05, 3.63) is 65.7 Å². The van der Waals surface area contributed by atoms with Gasteiger partial charge in [0.05, 0.1) is 13.2 Å². The van der Waals surface area contributed by atoms with Crippen LogP contribution in [0.1, 0.15) is 48.5 Å². The van der Waals surface area contributed by atoms with Gasteiger partial charge in [0.15, 0.2) is 0 Å². The molecule has 0 heterocycles. The zero-order valence-electron chi connectivity index (χ0n) is 16.0. The summed E-state index contributed by atoms with van der Waals surface area (Å²) in [5.41, 5.74) is 1.67. The maximum absolute atomic E-state index is 12.1. The molecule has 2 amide bonds. The Morgan fingerprint density at radius 1 is 1.00 bits per heavy atom. The highest BCUT2D eigenvalue weighted by Gasteiger charge is 2.10. The standard InChI is InChI=1S/C22H28N2O3/c1-3-4-14-27-20-12-10-19(11-13-20)22(26)24-16-21(25)23-15-17(2)18-8-6-5-7-9-18/h5-13,17H,3-4,14-16H2,1-2H3,(H,23,25)(H,24,26). The minimum atomic E-state index is -0.277. The van der Waals surface area contributed by atoms with Crippen LogP contribution < -0.4 is 15.4 Å². The first-order chi connectivity index (χ1) is 13.1. The summed E-state index contributed by atoms with van der Waals surface area (Å²) in [6.07, 6.45) is 2.08. The van der Waals surface area contributed by atoms with Crippen molar-refractivity contribution in [3.63, 3.8) is 0 Å². The lowest BCUT2D eigenvalue weighted by Crippen LogP contribution is -2.38. The minimum absolute atomic E-state index is 0.0465. The topological polar surface area (TPSA) is 67.4 Å². The van der Waals surface area contributed by atoms with Crippen molar-refractivity contribution >= 4 is 11.8 Å². The third kappa shape index (κ3) is 7.13. The van der Waals surface area contributed by atoms with Gasteiger partial charge in [0.2, 0.25) is 5.91 Å². The second kappa shape index (κ2) is 11.0. The van der Waals surface area contributed by atoms with Crippen LogP contribution in [0.2, 0.25) is 0 Å². The van der Waals surface area contributed by atoms with Crippen LogP contribution in [0.3, 0.4) is 0 Å². The highest BCUT2D eigenvalue weighted by atomic mass is 16.5. The summed E-state index contributed by atoms with van der Waals surface area (Å²) in [4.78, 5) is 24.1. The molecule has 0 bridgehead atoms. The van der Waals surface area contributed by atoms with E-state index in [1.807, 2.05) is 30.3 Å². The van der Waals surface area contributed by atoms with E-state index >= 15 is 0 Å². The molecule has 5 heteroatoms. The van der Waals surface area contributed by atoms with Gasteiger partial charge in [0.1, 0.15) is 5.75 Å². The summed E-state index contributed by atoms with van der Waals surface area (Å²) in [5, 5.41) is 5.49. The quantitative estimate of drug-likeness (QED) is 0.631. The highest BCUT2D eigenvalue weighted by Crippen LogP contribution is 2.13. The van der Waals surface area contributed by atoms with Gasteiger partial charge in [0, 0.05) is 12.1 Å². The molecule has 5 nitrogen and oxygen atoms in total. The van der Waals surface area contributed by atoms with Crippen LogP contribution in [0.25, 0.3) is 0 Å². The normalized spacial score (nSPS) is 11.5. The van der Waals surface area contributed by atoms with Gasteiger partial charge in [-0.3, -0.25) is 9.59 Å². The lowest BCUT2D eigenvalue weighted by atomic mass is 10.0. The van der Waals surface area contributed by atoms with Crippen LogP contribution in [0.5, 0.6) is 5.75 Å². The molecule has 144 valence electrons. The van der Waals surface area contributed by atoms with E-state index in [2.05, 4.69) is 24.5 Å². The van der Waals surface area contributed by atoms with E-state index in [4.69, 9.17) is 4.74 Å². The molecule has 0 aliphatic carbocycles. The van der Waals surface area contributed by atoms with Gasteiger partial charge in [-0.1, -0.05) is 50.6 Å². The van der Waals surface area contributed by atoms with Gasteiger partial charge in [-0.2, -0.15) is 0 Å². The summed E-state index contributed by atoms with van der Waals surface area (Å²) in [7, 11) is 0. The molecule has 1 atom stereocenters. The van der Waals surface area contributed by atoms with E-state index in [1.165, 1.54) is 5.56 Å². The molecule has 0 aliphatic heterocycles. The summed E-state index contributed by atoms with van der Waals surface area (Å²) in [6.45, 7) is 5.31. The Hall–Kier alpha value is -2.82. The van der Waals surface area contributed by atoms with Crippen molar-refractivity contribution < 1.29 is 14.3 Å². The van der Waals surface area contributed by atoms with Crippen LogP contribution in [0.15, 0.2) is 54.6 Å². The lowest BCUT2D eigenvalue weighted by molar-refractivity contribution is -0.120. The number of hydrogen-bond donors (Lipinski definition) is 2. The lowest BCUT2D eigenvalue weighted by Gasteiger charge is -2.13. The Morgan fingerprint density at radius 2 is 1.70 bits per heavy atom. The average Bonchev–Trinajstić information content (AvgIpc) is 2.71. The Morgan fingerprint density at radius 3 is 2.37 bits per heavy atom. The van der Waals surface area contributed by atoms with Crippen LogP contribution >= 0.6 is 0 Å². The monoisotopic (exact) mass is 368 g/mol. The predicted molar refractivity (Wildman–Crippen MR) is 107 cm³/mol. The van der Waals surface area contributed by atoms with Crippen molar-refractivity contribution in [2.45, 2.75) is 32.6 Å². The van der Waals surface area contributed by atoms with Gasteiger partial charge in [0.25, 0.3) is 5.91 Å². The van der Waals surface area contributed by atoms with Crippen LogP contribution in [-0.4, -0.2) is 31.5 Å². The van der Waals surface area contributed by atoms with Gasteiger partial charge in [-0.05, 0) is 42.2 Å². The van der Waals surface area contributed by atoms with Gasteiger partial charge in [-0.15, -0.1) is 0 Å². The van der Waals surface area contributed by atoms with Crippen LogP contribution in [0.4, 0.5) is 0 Å². The number of nitrogens with one attached hydrogen (secondary N) is 2. The van der Waals surface area contributed by atoms with Crippen LogP contribution in [0, 0.1) is 0 Å². The maximum Gasteiger partial charge on any atom is 0.251 e. The fraction of sp³-hybridized carbons (Fsp3) is 0.364. The molecular weight excluding hydrogens is 340 g/mol. The molecule has 0 aliphatic rings. The molecule has 0 radical (unpaired) electrons. The number of benzene rings is 2. The molecule has 2 aromatic rings. The average molecular weight is 368 g/mol. The third-order valence-corrected chi connectivity index (χ3v) is 4.27. The molecule has 0 fully saturated rings. The molecule has 0 saturated carbocycles. The van der Waals surface area contributed by atoms with E-state index in [-0.39, 0.29) is 24.3 Å². The second-order valence-electron chi connectivity index (χ2n) is 6.52. The fourth-order valence-corrected chi connectivity index (χ4v) is 2.53. The molecule has 2 N–H and O–H groups in total. The van der Waals surface area contributed by atoms with Gasteiger partial charge in [-0.25, -0.2) is 0 Å². The van der Waals surface area contributed by atoms with E-state index in [9.17, 15) is 9.59 Å². The number of hydrogen-bond acceptors (Lipinski definition) is 3. The van der Waals surface area contributed by atoms with Crippen LogP contribution in [-0.2, 0) is 4.79 Å². The number of carbonyl (C=O) groups is 2. The number of ether oxygens (including phenoxy) is 1. The molecule has 2 aromatic carbocycles. The molecule has 27 heavy (non-hydrogen) atoms. The van der Waals surface area contributed by atoms with Crippen molar-refractivity contribution in [3.8, 4) is 5.75 Å². The first-order valence-corrected chi connectivity index (χ1v) is 9.43. The number of carbonyl (C=O) groups excluding carboxylic acids is 2. The smallest absolute Gasteiger partial charge is 0.251 e. The molecule has 1 unspecified atom stereocenters. The number of amides is 2. The first-order valence-electron chi connectivity index (χ1n) is 9.43. The van der Waals surface area contributed by atoms with E-state index in [1.54, 1.807) is 24.3 Å². The fourth-order valence-electron chi connectivity index (χ4n) is 2.53. The van der Waals surface area contributed by atoms with E-state index in [0.717, 1.165) is 18.6 Å². The largest absolute Gasteiger partial charge is 0.494 e. The molecule has 2 rings (SSSR count). The Bertz CT molecular complexity index is 714. The highest BCUT2D eigenvalue weighted by molar-refractivity contribution is 5.96. The van der Waals surface area contributed by atoms with Crippen molar-refractivity contribution in [2.75, 3.05) is 19.7 Å². The Balaban J connectivity index is 1.72. The zero-order chi connectivity index (χ0) is 19.5. The summed E-state index contributed by atoms with van der Waals surface area (Å²) >= 11 is 0. The first kappa shape index (κ1) is 20.5. The van der Waals surface area contributed by atoms with Crippen molar-refractivity contribution in [1.82, 2.24) is 10.6 Å². The number of unbranched alkanes of at least 4 members (excludes halogenated alkanes) is 1. The Labute approximate surface area is 161 Å². The van der Waals surface area contributed by atoms with Crippen molar-refractivity contribution in [1.29, 1.82) is 0 Å². The molecular formula is C22H28N2O3. The van der Waals surface area contributed by atoms with Gasteiger partial charge < -0.3 is 15.4 Å². The summed E-state index contributed by atoms with van der Waals surface area (Å²) < 4.78 is 5.57.